The number of hydrogen-bond acceptors (Lipinski definition) is 2. The fourth-order valence-corrected chi connectivity index (χ4v) is 4.11. The molecule has 2 N–H and O–H groups in total. The molecular weight excluding hydrogens is 280 g/mol. The molecule has 2 fully saturated rings. The number of hydrogen-bond donors (Lipinski definition) is 2. The van der Waals surface area contributed by atoms with Crippen LogP contribution in [0.5, 0.6) is 0 Å². The van der Waals surface area contributed by atoms with E-state index in [2.05, 4.69) is 15.6 Å². The van der Waals surface area contributed by atoms with Crippen molar-refractivity contribution in [3.63, 3.8) is 0 Å². The average Bonchev–Trinajstić information content (AvgIpc) is 3.19. The Hall–Kier alpha value is -1.62. The van der Waals surface area contributed by atoms with Crippen molar-refractivity contribution in [1.82, 2.24) is 20.0 Å². The first-order valence-corrected chi connectivity index (χ1v) is 8.16. The van der Waals surface area contributed by atoms with Gasteiger partial charge < -0.3 is 15.0 Å². The monoisotopic (exact) mass is 300 g/mol. The average molecular weight is 300 g/mol. The summed E-state index contributed by atoms with van der Waals surface area (Å²) in [5.41, 5.74) is 1.99. The fourth-order valence-electron chi connectivity index (χ4n) is 3.88. The third-order valence-electron chi connectivity index (χ3n) is 4.90. The molecule has 2 saturated carbocycles. The molecule has 2 aromatic heterocycles. The minimum Gasteiger partial charge on any atom is -0.360 e. The van der Waals surface area contributed by atoms with E-state index in [1.54, 1.807) is 0 Å². The van der Waals surface area contributed by atoms with Gasteiger partial charge in [-0.15, -0.1) is 0 Å². The summed E-state index contributed by atoms with van der Waals surface area (Å²) in [6.07, 6.45) is 9.54. The molecule has 0 radical (unpaired) electrons. The number of fused-ring (bicyclic) bond motifs is 3. The van der Waals surface area contributed by atoms with Gasteiger partial charge >= 0.3 is 0 Å². The van der Waals surface area contributed by atoms with Crippen LogP contribution in [0.15, 0.2) is 30.6 Å². The predicted octanol–water partition coefficient (Wildman–Crippen LogP) is 2.49. The van der Waals surface area contributed by atoms with Gasteiger partial charge in [-0.25, -0.2) is 4.98 Å². The van der Waals surface area contributed by atoms with E-state index in [1.165, 1.54) is 25.7 Å². The molecular formula is C16H20N4S. The summed E-state index contributed by atoms with van der Waals surface area (Å²) in [5.74, 6) is 1.78. The van der Waals surface area contributed by atoms with Gasteiger partial charge in [0.2, 0.25) is 0 Å². The first kappa shape index (κ1) is 13.1. The van der Waals surface area contributed by atoms with Crippen molar-refractivity contribution in [2.24, 2.45) is 11.8 Å². The van der Waals surface area contributed by atoms with Gasteiger partial charge in [-0.1, -0.05) is 12.5 Å². The molecule has 0 spiro atoms. The molecule has 2 bridgehead atoms. The Labute approximate surface area is 130 Å². The maximum Gasteiger partial charge on any atom is 0.166 e. The van der Waals surface area contributed by atoms with E-state index >= 15 is 0 Å². The largest absolute Gasteiger partial charge is 0.360 e. The normalized spacial score (nSPS) is 27.1. The van der Waals surface area contributed by atoms with Crippen LogP contribution in [0.4, 0.5) is 0 Å². The van der Waals surface area contributed by atoms with Crippen LogP contribution in [0.1, 0.15) is 31.4 Å². The molecule has 21 heavy (non-hydrogen) atoms. The number of imidazole rings is 1. The van der Waals surface area contributed by atoms with Crippen LogP contribution < -0.4 is 10.6 Å². The van der Waals surface area contributed by atoms with Crippen LogP contribution in [0, 0.1) is 11.8 Å². The summed E-state index contributed by atoms with van der Waals surface area (Å²) in [6, 6.07) is 6.61. The quantitative estimate of drug-likeness (QED) is 0.855. The minimum absolute atomic E-state index is 0.588. The second kappa shape index (κ2) is 5.30. The Bertz CT molecular complexity index is 632. The molecule has 2 aromatic rings. The fraction of sp³-hybridized carbons (Fsp3) is 0.500. The van der Waals surface area contributed by atoms with Crippen LogP contribution in [-0.4, -0.2) is 20.5 Å². The topological polar surface area (TPSA) is 41.4 Å². The summed E-state index contributed by atoms with van der Waals surface area (Å²) in [7, 11) is 0. The minimum atomic E-state index is 0.588. The third-order valence-corrected chi connectivity index (χ3v) is 5.16. The van der Waals surface area contributed by atoms with Crippen molar-refractivity contribution in [2.75, 3.05) is 0 Å². The molecule has 0 amide bonds. The summed E-state index contributed by atoms with van der Waals surface area (Å²) in [4.78, 5) is 4.57. The summed E-state index contributed by atoms with van der Waals surface area (Å²) >= 11 is 5.43. The van der Waals surface area contributed by atoms with Gasteiger partial charge in [-0.05, 0) is 55.4 Å². The number of pyridine rings is 1. The van der Waals surface area contributed by atoms with Crippen LogP contribution in [0.2, 0.25) is 0 Å². The number of rotatable bonds is 3. The lowest BCUT2D eigenvalue weighted by Crippen LogP contribution is -2.44. The van der Waals surface area contributed by atoms with Gasteiger partial charge in [-0.3, -0.25) is 0 Å². The van der Waals surface area contributed by atoms with E-state index in [0.29, 0.717) is 12.6 Å². The zero-order valence-corrected chi connectivity index (χ0v) is 12.8. The van der Waals surface area contributed by atoms with Crippen molar-refractivity contribution < 1.29 is 0 Å². The van der Waals surface area contributed by atoms with Crippen molar-refractivity contribution in [1.29, 1.82) is 0 Å². The van der Waals surface area contributed by atoms with E-state index in [9.17, 15) is 0 Å². The predicted molar refractivity (Wildman–Crippen MR) is 87.0 cm³/mol. The summed E-state index contributed by atoms with van der Waals surface area (Å²) < 4.78 is 2.03. The Balaban J connectivity index is 1.32. The van der Waals surface area contributed by atoms with Crippen LogP contribution in [-0.2, 0) is 6.54 Å². The van der Waals surface area contributed by atoms with Gasteiger partial charge in [0, 0.05) is 18.4 Å². The lowest BCUT2D eigenvalue weighted by atomic mass is 9.96. The zero-order valence-electron chi connectivity index (χ0n) is 12.0. The van der Waals surface area contributed by atoms with Crippen molar-refractivity contribution in [3.8, 4) is 0 Å². The van der Waals surface area contributed by atoms with Gasteiger partial charge in [0.25, 0.3) is 0 Å². The lowest BCUT2D eigenvalue weighted by molar-refractivity contribution is 0.389. The van der Waals surface area contributed by atoms with E-state index < -0.39 is 0 Å². The maximum atomic E-state index is 5.43. The molecule has 0 saturated heterocycles. The van der Waals surface area contributed by atoms with E-state index in [-0.39, 0.29) is 0 Å². The molecule has 4 rings (SSSR count). The SMILES string of the molecule is S=C(NCc1cn2ccccc2n1)NC1CC2CCC1C2. The number of nitrogens with one attached hydrogen (secondary N) is 2. The number of thiocarbonyl (C=S) groups is 1. The maximum absolute atomic E-state index is 5.43. The molecule has 0 aliphatic heterocycles. The van der Waals surface area contributed by atoms with Gasteiger partial charge in [0.05, 0.1) is 12.2 Å². The third kappa shape index (κ3) is 2.62. The van der Waals surface area contributed by atoms with Crippen LogP contribution >= 0.6 is 12.2 Å². The molecule has 2 aliphatic rings. The Morgan fingerprint density at radius 3 is 3.05 bits per heavy atom. The molecule has 0 aromatic carbocycles. The highest BCUT2D eigenvalue weighted by molar-refractivity contribution is 7.80. The smallest absolute Gasteiger partial charge is 0.166 e. The highest BCUT2D eigenvalue weighted by Gasteiger charge is 2.39. The zero-order chi connectivity index (χ0) is 14.2. The summed E-state index contributed by atoms with van der Waals surface area (Å²) in [6.45, 7) is 0.675. The highest BCUT2D eigenvalue weighted by Crippen LogP contribution is 2.44. The number of aromatic nitrogens is 2. The standard InChI is InChI=1S/C16H20N4S/c21-16(19-14-8-11-4-5-12(14)7-11)17-9-13-10-20-6-2-1-3-15(20)18-13/h1-3,6,10-12,14H,4-5,7-9H2,(H2,17,19,21). The first-order valence-electron chi connectivity index (χ1n) is 7.75. The van der Waals surface area contributed by atoms with Gasteiger partial charge in [0.15, 0.2) is 5.11 Å². The molecule has 3 atom stereocenters. The second-order valence-electron chi connectivity index (χ2n) is 6.31. The molecule has 2 aliphatic carbocycles. The van der Waals surface area contributed by atoms with Gasteiger partial charge in [-0.2, -0.15) is 0 Å². The van der Waals surface area contributed by atoms with Gasteiger partial charge in [0.1, 0.15) is 5.65 Å². The molecule has 110 valence electrons. The second-order valence-corrected chi connectivity index (χ2v) is 6.71. The Morgan fingerprint density at radius 1 is 1.33 bits per heavy atom. The lowest BCUT2D eigenvalue weighted by Gasteiger charge is -2.24. The summed E-state index contributed by atoms with van der Waals surface area (Å²) in [5, 5.41) is 7.56. The van der Waals surface area contributed by atoms with Crippen molar-refractivity contribution in [3.05, 3.63) is 36.3 Å². The van der Waals surface area contributed by atoms with Crippen molar-refractivity contribution in [2.45, 2.75) is 38.3 Å². The van der Waals surface area contributed by atoms with E-state index in [4.69, 9.17) is 12.2 Å². The highest BCUT2D eigenvalue weighted by atomic mass is 32.1. The molecule has 4 nitrogen and oxygen atoms in total. The first-order chi connectivity index (χ1) is 10.3. The molecule has 5 heteroatoms. The van der Waals surface area contributed by atoms with E-state index in [1.807, 2.05) is 35.0 Å². The van der Waals surface area contributed by atoms with Crippen LogP contribution in [0.25, 0.3) is 5.65 Å². The van der Waals surface area contributed by atoms with Crippen molar-refractivity contribution >= 4 is 23.0 Å². The van der Waals surface area contributed by atoms with E-state index in [0.717, 1.165) is 28.3 Å². The van der Waals surface area contributed by atoms with Crippen LogP contribution in [0.3, 0.4) is 0 Å². The molecule has 2 heterocycles. The Morgan fingerprint density at radius 2 is 2.29 bits per heavy atom. The number of nitrogens with zero attached hydrogens (tertiary/aromatic N) is 2. The Kier molecular flexibility index (Phi) is 3.30. The molecule has 3 unspecified atom stereocenters.